The van der Waals surface area contributed by atoms with E-state index in [1.807, 2.05) is 0 Å². The molecule has 0 aromatic heterocycles. The summed E-state index contributed by atoms with van der Waals surface area (Å²) in [4.78, 5) is 0. The molecule has 0 heterocycles. The second-order valence-corrected chi connectivity index (χ2v) is 7.57. The van der Waals surface area contributed by atoms with Gasteiger partial charge >= 0.3 is 0 Å². The second-order valence-electron chi connectivity index (χ2n) is 7.57. The lowest BCUT2D eigenvalue weighted by molar-refractivity contribution is 0.438. The molecule has 0 aromatic rings. The van der Waals surface area contributed by atoms with Crippen LogP contribution in [0.2, 0.25) is 0 Å². The van der Waals surface area contributed by atoms with Crippen LogP contribution in [-0.4, -0.2) is 0 Å². The molecule has 0 spiro atoms. The van der Waals surface area contributed by atoms with E-state index in [0.29, 0.717) is 0 Å². The second kappa shape index (κ2) is 18.1. The molecule has 0 saturated carbocycles. The first-order valence-corrected chi connectivity index (χ1v) is 10.9. The molecule has 0 nitrogen and oxygen atoms in total. The maximum Gasteiger partial charge on any atom is -0.0206 e. The summed E-state index contributed by atoms with van der Waals surface area (Å²) < 4.78 is 0. The van der Waals surface area contributed by atoms with Crippen LogP contribution in [0.4, 0.5) is 0 Å². The van der Waals surface area contributed by atoms with Crippen molar-refractivity contribution in [3.8, 4) is 0 Å². The van der Waals surface area contributed by atoms with E-state index in [-0.39, 0.29) is 0 Å². The van der Waals surface area contributed by atoms with Crippen LogP contribution in [0.25, 0.3) is 0 Å². The Morgan fingerprint density at radius 1 is 0.565 bits per heavy atom. The standard InChI is InChI=1S/C23H46/c1-5-8-11-13-15-17-20-23(22(4)19-10-7-3)21-18-16-14-12-9-6-2/h23H,4-21H2,1-3H3. The minimum Gasteiger partial charge on any atom is -0.0996 e. The SMILES string of the molecule is C=C(CCCC)C(CCCCCCCC)CCCCCCCC. The Morgan fingerprint density at radius 2 is 0.957 bits per heavy atom. The fourth-order valence-corrected chi connectivity index (χ4v) is 3.50. The maximum absolute atomic E-state index is 4.45. The molecular weight excluding hydrogens is 276 g/mol. The van der Waals surface area contributed by atoms with Crippen LogP contribution in [-0.2, 0) is 0 Å². The van der Waals surface area contributed by atoms with Crippen LogP contribution in [0.3, 0.4) is 0 Å². The zero-order valence-corrected chi connectivity index (χ0v) is 16.8. The van der Waals surface area contributed by atoms with Gasteiger partial charge in [-0.25, -0.2) is 0 Å². The highest BCUT2D eigenvalue weighted by molar-refractivity contribution is 5.00. The van der Waals surface area contributed by atoms with Crippen LogP contribution in [0, 0.1) is 5.92 Å². The Balaban J connectivity index is 3.91. The summed E-state index contributed by atoms with van der Waals surface area (Å²) in [7, 11) is 0. The predicted octanol–water partition coefficient (Wildman–Crippen LogP) is 8.85. The minimum atomic E-state index is 0.818. The lowest BCUT2D eigenvalue weighted by Crippen LogP contribution is -2.04. The van der Waals surface area contributed by atoms with Gasteiger partial charge in [-0.3, -0.25) is 0 Å². The summed E-state index contributed by atoms with van der Waals surface area (Å²) in [5, 5.41) is 0. The van der Waals surface area contributed by atoms with E-state index in [1.54, 1.807) is 5.57 Å². The van der Waals surface area contributed by atoms with Crippen molar-refractivity contribution < 1.29 is 0 Å². The van der Waals surface area contributed by atoms with Crippen molar-refractivity contribution in [2.75, 3.05) is 0 Å². The van der Waals surface area contributed by atoms with Crippen molar-refractivity contribution in [3.05, 3.63) is 12.2 Å². The average Bonchev–Trinajstić information content (AvgIpc) is 2.56. The molecule has 0 bridgehead atoms. The Hall–Kier alpha value is -0.260. The Kier molecular flexibility index (Phi) is 17.9. The molecule has 0 aromatic carbocycles. The van der Waals surface area contributed by atoms with Crippen molar-refractivity contribution in [1.82, 2.24) is 0 Å². The summed E-state index contributed by atoms with van der Waals surface area (Å²) in [5.41, 5.74) is 1.56. The number of hydrogen-bond acceptors (Lipinski definition) is 0. The van der Waals surface area contributed by atoms with Gasteiger partial charge in [0.2, 0.25) is 0 Å². The van der Waals surface area contributed by atoms with Crippen LogP contribution in [0.1, 0.15) is 130 Å². The molecule has 0 fully saturated rings. The maximum atomic E-state index is 4.45. The van der Waals surface area contributed by atoms with Crippen molar-refractivity contribution in [2.24, 2.45) is 5.92 Å². The quantitative estimate of drug-likeness (QED) is 0.174. The zero-order valence-electron chi connectivity index (χ0n) is 16.8. The summed E-state index contributed by atoms with van der Waals surface area (Å²) in [6.07, 6.45) is 23.8. The van der Waals surface area contributed by atoms with Gasteiger partial charge in [-0.05, 0) is 31.6 Å². The van der Waals surface area contributed by atoms with E-state index in [0.717, 1.165) is 5.92 Å². The van der Waals surface area contributed by atoms with Gasteiger partial charge in [-0.1, -0.05) is 116 Å². The van der Waals surface area contributed by atoms with Crippen LogP contribution in [0.5, 0.6) is 0 Å². The number of hydrogen-bond donors (Lipinski definition) is 0. The number of rotatable bonds is 18. The molecule has 23 heavy (non-hydrogen) atoms. The largest absolute Gasteiger partial charge is 0.0996 e. The molecule has 0 aliphatic rings. The van der Waals surface area contributed by atoms with Crippen LogP contribution in [0.15, 0.2) is 12.2 Å². The molecule has 0 radical (unpaired) electrons. The first-order chi connectivity index (χ1) is 11.3. The van der Waals surface area contributed by atoms with Gasteiger partial charge < -0.3 is 0 Å². The molecule has 0 aliphatic heterocycles. The van der Waals surface area contributed by atoms with E-state index in [2.05, 4.69) is 27.4 Å². The van der Waals surface area contributed by atoms with E-state index < -0.39 is 0 Å². The number of unbranched alkanes of at least 4 members (excludes halogenated alkanes) is 11. The average molecular weight is 323 g/mol. The van der Waals surface area contributed by atoms with Crippen molar-refractivity contribution >= 4 is 0 Å². The van der Waals surface area contributed by atoms with Crippen molar-refractivity contribution in [1.29, 1.82) is 0 Å². The first kappa shape index (κ1) is 22.7. The molecular formula is C23H46. The Morgan fingerprint density at radius 3 is 1.39 bits per heavy atom. The van der Waals surface area contributed by atoms with E-state index in [9.17, 15) is 0 Å². The zero-order chi connectivity index (χ0) is 17.2. The van der Waals surface area contributed by atoms with Crippen LogP contribution >= 0.6 is 0 Å². The molecule has 0 atom stereocenters. The summed E-state index contributed by atoms with van der Waals surface area (Å²) in [5.74, 6) is 0.818. The lowest BCUT2D eigenvalue weighted by atomic mass is 9.86. The molecule has 0 unspecified atom stereocenters. The summed E-state index contributed by atoms with van der Waals surface area (Å²) in [6.45, 7) is 11.3. The van der Waals surface area contributed by atoms with Gasteiger partial charge in [0.1, 0.15) is 0 Å². The van der Waals surface area contributed by atoms with E-state index in [1.165, 1.54) is 109 Å². The van der Waals surface area contributed by atoms with Crippen LogP contribution < -0.4 is 0 Å². The smallest absolute Gasteiger partial charge is 0.0206 e. The summed E-state index contributed by atoms with van der Waals surface area (Å²) in [6, 6.07) is 0. The fourth-order valence-electron chi connectivity index (χ4n) is 3.50. The monoisotopic (exact) mass is 322 g/mol. The van der Waals surface area contributed by atoms with Gasteiger partial charge in [0.05, 0.1) is 0 Å². The third kappa shape index (κ3) is 15.0. The molecule has 138 valence electrons. The first-order valence-electron chi connectivity index (χ1n) is 10.9. The third-order valence-corrected chi connectivity index (χ3v) is 5.24. The van der Waals surface area contributed by atoms with E-state index >= 15 is 0 Å². The van der Waals surface area contributed by atoms with E-state index in [4.69, 9.17) is 0 Å². The van der Waals surface area contributed by atoms with Gasteiger partial charge in [0.15, 0.2) is 0 Å². The third-order valence-electron chi connectivity index (χ3n) is 5.24. The topological polar surface area (TPSA) is 0 Å². The molecule has 0 rings (SSSR count). The molecule has 0 aliphatic carbocycles. The van der Waals surface area contributed by atoms with Crippen molar-refractivity contribution in [3.63, 3.8) is 0 Å². The highest BCUT2D eigenvalue weighted by atomic mass is 14.2. The van der Waals surface area contributed by atoms with Gasteiger partial charge in [-0.15, -0.1) is 0 Å². The fraction of sp³-hybridized carbons (Fsp3) is 0.913. The molecule has 0 saturated heterocycles. The minimum absolute atomic E-state index is 0.818. The van der Waals surface area contributed by atoms with Gasteiger partial charge in [0.25, 0.3) is 0 Å². The van der Waals surface area contributed by atoms with Gasteiger partial charge in [0, 0.05) is 0 Å². The normalized spacial score (nSPS) is 11.3. The predicted molar refractivity (Wildman–Crippen MR) is 108 cm³/mol. The van der Waals surface area contributed by atoms with Gasteiger partial charge in [-0.2, -0.15) is 0 Å². The highest BCUT2D eigenvalue weighted by Crippen LogP contribution is 2.27. The number of allylic oxidation sites excluding steroid dienone is 1. The Labute approximate surface area is 148 Å². The highest BCUT2D eigenvalue weighted by Gasteiger charge is 2.12. The van der Waals surface area contributed by atoms with Crippen molar-refractivity contribution in [2.45, 2.75) is 130 Å². The molecule has 0 amide bonds. The summed E-state index contributed by atoms with van der Waals surface area (Å²) >= 11 is 0. The lowest BCUT2D eigenvalue weighted by Gasteiger charge is -2.20. The molecule has 0 heteroatoms. The molecule has 0 N–H and O–H groups in total. The Bertz CT molecular complexity index is 224.